The van der Waals surface area contributed by atoms with Crippen LogP contribution in [0.25, 0.3) is 0 Å². The van der Waals surface area contributed by atoms with Crippen LogP contribution in [0.5, 0.6) is 0 Å². The van der Waals surface area contributed by atoms with Crippen molar-refractivity contribution in [2.24, 2.45) is 0 Å². The summed E-state index contributed by atoms with van der Waals surface area (Å²) in [5, 5.41) is 4.53. The van der Waals surface area contributed by atoms with Crippen LogP contribution < -0.4 is 10.2 Å². The van der Waals surface area contributed by atoms with Gasteiger partial charge in [0.05, 0.1) is 12.3 Å². The molecule has 0 unspecified atom stereocenters. The Balaban J connectivity index is 1.98. The van der Waals surface area contributed by atoms with Gasteiger partial charge in [-0.3, -0.25) is 0 Å². The minimum Gasteiger partial charge on any atom is -0.383 e. The first-order valence-electron chi connectivity index (χ1n) is 6.09. The second-order valence-corrected chi connectivity index (χ2v) is 5.71. The van der Waals surface area contributed by atoms with Crippen molar-refractivity contribution >= 4 is 16.5 Å². The third kappa shape index (κ3) is 3.40. The Morgan fingerprint density at radius 1 is 1.47 bits per heavy atom. The van der Waals surface area contributed by atoms with Gasteiger partial charge >= 0.3 is 0 Å². The van der Waals surface area contributed by atoms with E-state index in [0.29, 0.717) is 0 Å². The van der Waals surface area contributed by atoms with E-state index in [1.807, 2.05) is 0 Å². The topological polar surface area (TPSA) is 37.4 Å². The molecule has 0 spiro atoms. The highest BCUT2D eigenvalue weighted by atomic mass is 32.1. The molecule has 0 bridgehead atoms. The molecule has 1 saturated carbocycles. The molecule has 0 aliphatic heterocycles. The standard InChI is InChI=1S/C12H21N3OS/c1-15(2)12-14-11(9-4-5-9)10(17-12)8-13-6-7-16-3/h9,13H,4-8H2,1-3H3. The number of rotatable bonds is 7. The lowest BCUT2D eigenvalue weighted by atomic mass is 10.2. The number of hydrogen-bond acceptors (Lipinski definition) is 5. The van der Waals surface area contributed by atoms with Crippen molar-refractivity contribution in [3.05, 3.63) is 10.6 Å². The minimum atomic E-state index is 0.721. The molecule has 0 amide bonds. The maximum atomic E-state index is 5.03. The van der Waals surface area contributed by atoms with E-state index in [9.17, 15) is 0 Å². The summed E-state index contributed by atoms with van der Waals surface area (Å²) in [6.45, 7) is 2.58. The molecule has 0 atom stereocenters. The van der Waals surface area contributed by atoms with Crippen molar-refractivity contribution in [2.75, 3.05) is 39.3 Å². The van der Waals surface area contributed by atoms with Gasteiger partial charge in [0.1, 0.15) is 0 Å². The first-order valence-corrected chi connectivity index (χ1v) is 6.90. The van der Waals surface area contributed by atoms with Crippen molar-refractivity contribution in [2.45, 2.75) is 25.3 Å². The molecule has 1 heterocycles. The molecule has 0 saturated heterocycles. The summed E-state index contributed by atoms with van der Waals surface area (Å²) >= 11 is 1.81. The maximum Gasteiger partial charge on any atom is 0.185 e. The number of nitrogens with zero attached hydrogens (tertiary/aromatic N) is 2. The predicted octanol–water partition coefficient (Wildman–Crippen LogP) is 1.82. The third-order valence-electron chi connectivity index (χ3n) is 2.83. The van der Waals surface area contributed by atoms with Crippen LogP contribution >= 0.6 is 11.3 Å². The highest BCUT2D eigenvalue weighted by Gasteiger charge is 2.29. The van der Waals surface area contributed by atoms with Crippen LogP contribution in [0, 0.1) is 0 Å². The molecule has 1 aliphatic rings. The number of aromatic nitrogens is 1. The number of ether oxygens (including phenoxy) is 1. The van der Waals surface area contributed by atoms with Gasteiger partial charge in [0, 0.05) is 45.1 Å². The van der Waals surface area contributed by atoms with Crippen LogP contribution in [-0.2, 0) is 11.3 Å². The second kappa shape index (κ2) is 5.80. The van der Waals surface area contributed by atoms with Gasteiger partial charge in [-0.05, 0) is 12.8 Å². The summed E-state index contributed by atoms with van der Waals surface area (Å²) in [5.41, 5.74) is 1.32. The lowest BCUT2D eigenvalue weighted by molar-refractivity contribution is 0.199. The van der Waals surface area contributed by atoms with Crippen molar-refractivity contribution in [1.82, 2.24) is 10.3 Å². The number of hydrogen-bond donors (Lipinski definition) is 1. The van der Waals surface area contributed by atoms with E-state index in [1.165, 1.54) is 23.4 Å². The molecule has 0 radical (unpaired) electrons. The van der Waals surface area contributed by atoms with Gasteiger partial charge in [0.2, 0.25) is 0 Å². The molecule has 96 valence electrons. The Labute approximate surface area is 107 Å². The summed E-state index contributed by atoms with van der Waals surface area (Å²) in [7, 11) is 5.84. The Morgan fingerprint density at radius 3 is 2.82 bits per heavy atom. The zero-order chi connectivity index (χ0) is 12.3. The van der Waals surface area contributed by atoms with Gasteiger partial charge < -0.3 is 15.0 Å². The zero-order valence-corrected chi connectivity index (χ0v) is 11.6. The van der Waals surface area contributed by atoms with Gasteiger partial charge in [0.25, 0.3) is 0 Å². The van der Waals surface area contributed by atoms with E-state index in [1.54, 1.807) is 18.4 Å². The molecule has 2 rings (SSSR count). The lowest BCUT2D eigenvalue weighted by Gasteiger charge is -2.05. The number of methoxy groups -OCH3 is 1. The highest BCUT2D eigenvalue weighted by molar-refractivity contribution is 7.15. The number of anilines is 1. The molecule has 5 heteroatoms. The third-order valence-corrected chi connectivity index (χ3v) is 4.07. The fourth-order valence-corrected chi connectivity index (χ4v) is 2.76. The molecule has 4 nitrogen and oxygen atoms in total. The van der Waals surface area contributed by atoms with Crippen LogP contribution in [0.1, 0.15) is 29.3 Å². The average molecular weight is 255 g/mol. The van der Waals surface area contributed by atoms with Gasteiger partial charge in [-0.2, -0.15) is 0 Å². The number of nitrogens with one attached hydrogen (secondary N) is 1. The van der Waals surface area contributed by atoms with Crippen LogP contribution in [0.3, 0.4) is 0 Å². The Morgan fingerprint density at radius 2 is 2.24 bits per heavy atom. The second-order valence-electron chi connectivity index (χ2n) is 4.64. The summed E-state index contributed by atoms with van der Waals surface area (Å²) in [5.74, 6) is 0.721. The van der Waals surface area contributed by atoms with Gasteiger partial charge in [-0.1, -0.05) is 0 Å². The normalized spacial score (nSPS) is 15.2. The lowest BCUT2D eigenvalue weighted by Crippen LogP contribution is -2.18. The average Bonchev–Trinajstić information content (AvgIpc) is 3.05. The molecule has 1 N–H and O–H groups in total. The fraction of sp³-hybridized carbons (Fsp3) is 0.750. The van der Waals surface area contributed by atoms with Crippen LogP contribution in [0.4, 0.5) is 5.13 Å². The van der Waals surface area contributed by atoms with Gasteiger partial charge in [-0.25, -0.2) is 4.98 Å². The maximum absolute atomic E-state index is 5.03. The smallest absolute Gasteiger partial charge is 0.185 e. The highest BCUT2D eigenvalue weighted by Crippen LogP contribution is 2.43. The quantitative estimate of drug-likeness (QED) is 0.754. The Hall–Kier alpha value is -0.650. The van der Waals surface area contributed by atoms with E-state index >= 15 is 0 Å². The Bertz CT molecular complexity index is 361. The number of thiazole rings is 1. The van der Waals surface area contributed by atoms with E-state index in [2.05, 4.69) is 24.3 Å². The van der Waals surface area contributed by atoms with Crippen LogP contribution in [-0.4, -0.2) is 39.3 Å². The largest absolute Gasteiger partial charge is 0.383 e. The molecule has 1 fully saturated rings. The minimum absolute atomic E-state index is 0.721. The molecule has 1 aromatic rings. The molecular weight excluding hydrogens is 234 g/mol. The van der Waals surface area contributed by atoms with Crippen molar-refractivity contribution in [1.29, 1.82) is 0 Å². The van der Waals surface area contributed by atoms with E-state index < -0.39 is 0 Å². The monoisotopic (exact) mass is 255 g/mol. The van der Waals surface area contributed by atoms with Gasteiger partial charge in [-0.15, -0.1) is 11.3 Å². The SMILES string of the molecule is COCCNCc1sc(N(C)C)nc1C1CC1. The zero-order valence-electron chi connectivity index (χ0n) is 10.8. The molecular formula is C12H21N3OS. The van der Waals surface area contributed by atoms with E-state index in [0.717, 1.165) is 30.7 Å². The van der Waals surface area contributed by atoms with Crippen molar-refractivity contribution < 1.29 is 4.74 Å². The summed E-state index contributed by atoms with van der Waals surface area (Å²) in [4.78, 5) is 8.23. The van der Waals surface area contributed by atoms with Crippen molar-refractivity contribution in [3.63, 3.8) is 0 Å². The van der Waals surface area contributed by atoms with E-state index in [4.69, 9.17) is 9.72 Å². The Kier molecular flexibility index (Phi) is 4.36. The van der Waals surface area contributed by atoms with Crippen molar-refractivity contribution in [3.8, 4) is 0 Å². The molecule has 1 aromatic heterocycles. The molecule has 17 heavy (non-hydrogen) atoms. The predicted molar refractivity (Wildman–Crippen MR) is 72.0 cm³/mol. The first-order chi connectivity index (χ1) is 8.22. The van der Waals surface area contributed by atoms with Crippen LogP contribution in [0.15, 0.2) is 0 Å². The summed E-state index contributed by atoms with van der Waals surface area (Å²) in [6.07, 6.45) is 2.61. The van der Waals surface area contributed by atoms with Gasteiger partial charge in [0.15, 0.2) is 5.13 Å². The first kappa shape index (κ1) is 12.8. The molecule has 0 aromatic carbocycles. The summed E-state index contributed by atoms with van der Waals surface area (Å²) in [6, 6.07) is 0. The summed E-state index contributed by atoms with van der Waals surface area (Å²) < 4.78 is 5.03. The van der Waals surface area contributed by atoms with Crippen LogP contribution in [0.2, 0.25) is 0 Å². The fourth-order valence-electron chi connectivity index (χ4n) is 1.72. The van der Waals surface area contributed by atoms with E-state index in [-0.39, 0.29) is 0 Å². The molecule has 1 aliphatic carbocycles.